The van der Waals surface area contributed by atoms with Crippen LogP contribution in [0.25, 0.3) is 10.9 Å². The van der Waals surface area contributed by atoms with Crippen LogP contribution in [0.15, 0.2) is 48.5 Å². The molecule has 1 aromatic heterocycles. The van der Waals surface area contributed by atoms with Crippen LogP contribution in [-0.4, -0.2) is 35.1 Å². The Morgan fingerprint density at radius 1 is 1.11 bits per heavy atom. The molecule has 0 fully saturated rings. The molecule has 0 unspecified atom stereocenters. The molecule has 146 valence electrons. The van der Waals surface area contributed by atoms with Gasteiger partial charge in [0.15, 0.2) is 0 Å². The second-order valence-corrected chi connectivity index (χ2v) is 6.91. The summed E-state index contributed by atoms with van der Waals surface area (Å²) in [7, 11) is 0. The van der Waals surface area contributed by atoms with Gasteiger partial charge >= 0.3 is 6.18 Å². The maximum absolute atomic E-state index is 12.9. The molecule has 2 aromatic carbocycles. The molecule has 4 nitrogen and oxygen atoms in total. The zero-order chi connectivity index (χ0) is 19.7. The Morgan fingerprint density at radius 2 is 1.86 bits per heavy atom. The third-order valence-corrected chi connectivity index (χ3v) is 4.91. The Labute approximate surface area is 159 Å². The molecule has 4 rings (SSSR count). The number of ether oxygens (including phenoxy) is 1. The number of H-pyrrole nitrogens is 1. The van der Waals surface area contributed by atoms with Gasteiger partial charge in [0.2, 0.25) is 0 Å². The van der Waals surface area contributed by atoms with Crippen molar-refractivity contribution in [3.8, 4) is 0 Å². The number of para-hydroxylation sites is 1. The molecule has 3 aromatic rings. The lowest BCUT2D eigenvalue weighted by Crippen LogP contribution is -2.35. The Bertz CT molecular complexity index is 993. The number of amides is 1. The molecule has 0 radical (unpaired) electrons. The molecule has 0 bridgehead atoms. The molecule has 1 N–H and O–H groups in total. The number of nitrogens with one attached hydrogen (secondary N) is 1. The van der Waals surface area contributed by atoms with Crippen LogP contribution in [0, 0.1) is 0 Å². The number of hydrogen-bond donors (Lipinski definition) is 1. The molecule has 0 spiro atoms. The third kappa shape index (κ3) is 3.89. The Morgan fingerprint density at radius 3 is 2.61 bits per heavy atom. The Hall–Kier alpha value is -2.80. The van der Waals surface area contributed by atoms with Crippen molar-refractivity contribution in [3.05, 3.63) is 70.9 Å². The van der Waals surface area contributed by atoms with Gasteiger partial charge in [-0.25, -0.2) is 0 Å². The summed E-state index contributed by atoms with van der Waals surface area (Å²) in [6, 6.07) is 14.6. The van der Waals surface area contributed by atoms with Gasteiger partial charge in [-0.3, -0.25) is 4.79 Å². The van der Waals surface area contributed by atoms with Gasteiger partial charge in [-0.05, 0) is 23.8 Å². The van der Waals surface area contributed by atoms with E-state index in [0.717, 1.165) is 22.9 Å². The number of alkyl halides is 3. The zero-order valence-corrected chi connectivity index (χ0v) is 15.1. The van der Waals surface area contributed by atoms with Gasteiger partial charge in [-0.2, -0.15) is 13.2 Å². The van der Waals surface area contributed by atoms with E-state index >= 15 is 0 Å². The van der Waals surface area contributed by atoms with Crippen molar-refractivity contribution in [2.45, 2.75) is 25.7 Å². The van der Waals surface area contributed by atoms with E-state index in [1.54, 1.807) is 29.2 Å². The summed E-state index contributed by atoms with van der Waals surface area (Å²) in [5, 5.41) is 1.13. The van der Waals surface area contributed by atoms with Crippen LogP contribution in [0.2, 0.25) is 0 Å². The van der Waals surface area contributed by atoms with Crippen LogP contribution in [0.3, 0.4) is 0 Å². The van der Waals surface area contributed by atoms with Crippen molar-refractivity contribution in [1.82, 2.24) is 9.88 Å². The topological polar surface area (TPSA) is 45.3 Å². The fraction of sp³-hybridized carbons (Fsp3) is 0.286. The molecule has 0 saturated carbocycles. The summed E-state index contributed by atoms with van der Waals surface area (Å²) in [6.07, 6.45) is -3.58. The van der Waals surface area contributed by atoms with Crippen LogP contribution in [0.1, 0.15) is 27.2 Å². The summed E-state index contributed by atoms with van der Waals surface area (Å²) in [6.45, 7) is -0.269. The van der Waals surface area contributed by atoms with E-state index in [4.69, 9.17) is 0 Å². The second-order valence-electron chi connectivity index (χ2n) is 6.91. The van der Waals surface area contributed by atoms with Crippen LogP contribution in [-0.2, 0) is 24.3 Å². The maximum Gasteiger partial charge on any atom is 0.411 e. The normalized spacial score (nSPS) is 14.3. The zero-order valence-electron chi connectivity index (χ0n) is 15.1. The molecule has 0 atom stereocenters. The van der Waals surface area contributed by atoms with Crippen molar-refractivity contribution in [2.75, 3.05) is 13.2 Å². The van der Waals surface area contributed by atoms with Crippen molar-refractivity contribution in [1.29, 1.82) is 0 Å². The quantitative estimate of drug-likeness (QED) is 0.718. The molecule has 7 heteroatoms. The van der Waals surface area contributed by atoms with Crippen LogP contribution in [0.5, 0.6) is 0 Å². The van der Waals surface area contributed by atoms with Gasteiger partial charge < -0.3 is 14.6 Å². The highest BCUT2D eigenvalue weighted by Crippen LogP contribution is 2.28. The van der Waals surface area contributed by atoms with Gasteiger partial charge in [-0.1, -0.05) is 30.3 Å². The van der Waals surface area contributed by atoms with Crippen LogP contribution in [0.4, 0.5) is 13.2 Å². The van der Waals surface area contributed by atoms with E-state index in [2.05, 4.69) is 9.72 Å². The molecule has 2 heterocycles. The largest absolute Gasteiger partial charge is 0.411 e. The van der Waals surface area contributed by atoms with E-state index in [0.29, 0.717) is 24.2 Å². The van der Waals surface area contributed by atoms with E-state index < -0.39 is 12.8 Å². The van der Waals surface area contributed by atoms with E-state index in [1.165, 1.54) is 5.69 Å². The highest BCUT2D eigenvalue weighted by Gasteiger charge is 2.27. The Balaban J connectivity index is 1.43. The lowest BCUT2D eigenvalue weighted by molar-refractivity contribution is -0.176. The minimum atomic E-state index is -4.34. The number of aromatic amines is 1. The number of carbonyl (C=O) groups excluding carboxylic acids is 1. The first-order valence-corrected chi connectivity index (χ1v) is 9.02. The highest BCUT2D eigenvalue weighted by atomic mass is 19.4. The number of nitrogens with zero attached hydrogens (tertiary/aromatic N) is 1. The number of fused-ring (bicyclic) bond motifs is 3. The number of rotatable bonds is 4. The summed E-state index contributed by atoms with van der Waals surface area (Å²) in [5.74, 6) is -0.0845. The van der Waals surface area contributed by atoms with Crippen molar-refractivity contribution in [2.24, 2.45) is 0 Å². The SMILES string of the molecule is O=C(c1ccc(COCC(F)(F)F)cc1)N1CCc2[nH]c3ccccc3c2C1. The van der Waals surface area contributed by atoms with Crippen molar-refractivity contribution in [3.63, 3.8) is 0 Å². The van der Waals surface area contributed by atoms with Gasteiger partial charge in [0.25, 0.3) is 5.91 Å². The maximum atomic E-state index is 12.9. The number of hydrogen-bond acceptors (Lipinski definition) is 2. The summed E-state index contributed by atoms with van der Waals surface area (Å²) < 4.78 is 41.1. The molecule has 1 amide bonds. The van der Waals surface area contributed by atoms with Crippen LogP contribution < -0.4 is 0 Å². The van der Waals surface area contributed by atoms with Gasteiger partial charge in [-0.15, -0.1) is 0 Å². The number of carbonyl (C=O) groups is 1. The average molecular weight is 388 g/mol. The Kier molecular flexibility index (Phi) is 4.85. The fourth-order valence-corrected chi connectivity index (χ4v) is 3.55. The van der Waals surface area contributed by atoms with Gasteiger partial charge in [0.05, 0.1) is 6.61 Å². The molecule has 1 aliphatic rings. The van der Waals surface area contributed by atoms with Crippen molar-refractivity contribution < 1.29 is 22.7 Å². The molecule has 1 aliphatic heterocycles. The number of halogens is 3. The first kappa shape index (κ1) is 18.6. The summed E-state index contributed by atoms with van der Waals surface area (Å²) >= 11 is 0. The van der Waals surface area contributed by atoms with Gasteiger partial charge in [0.1, 0.15) is 6.61 Å². The lowest BCUT2D eigenvalue weighted by Gasteiger charge is -2.27. The molecular weight excluding hydrogens is 369 g/mol. The highest BCUT2D eigenvalue weighted by molar-refractivity contribution is 5.95. The summed E-state index contributed by atoms with van der Waals surface area (Å²) in [4.78, 5) is 18.1. The first-order chi connectivity index (χ1) is 13.4. The first-order valence-electron chi connectivity index (χ1n) is 9.02. The minimum Gasteiger partial charge on any atom is -0.367 e. The third-order valence-electron chi connectivity index (χ3n) is 4.91. The van der Waals surface area contributed by atoms with E-state index in [-0.39, 0.29) is 12.5 Å². The molecule has 28 heavy (non-hydrogen) atoms. The predicted molar refractivity (Wildman–Crippen MR) is 98.9 cm³/mol. The standard InChI is InChI=1S/C21H19F3N2O2/c22-21(23,24)13-28-12-14-5-7-15(8-6-14)20(27)26-10-9-19-17(11-26)16-3-1-2-4-18(16)25-19/h1-8,25H,9-13H2. The molecule has 0 aliphatic carbocycles. The van der Waals surface area contributed by atoms with E-state index in [1.807, 2.05) is 24.3 Å². The number of benzene rings is 2. The van der Waals surface area contributed by atoms with Crippen molar-refractivity contribution >= 4 is 16.8 Å². The van der Waals surface area contributed by atoms with Gasteiger partial charge in [0, 0.05) is 47.2 Å². The summed E-state index contributed by atoms with van der Waals surface area (Å²) in [5.41, 5.74) is 4.50. The lowest BCUT2D eigenvalue weighted by atomic mass is 10.0. The van der Waals surface area contributed by atoms with E-state index in [9.17, 15) is 18.0 Å². The average Bonchev–Trinajstić information content (AvgIpc) is 3.05. The van der Waals surface area contributed by atoms with Crippen LogP contribution >= 0.6 is 0 Å². The molecule has 0 saturated heterocycles. The number of aromatic nitrogens is 1. The smallest absolute Gasteiger partial charge is 0.367 e. The predicted octanol–water partition coefficient (Wildman–Crippen LogP) is 4.45. The molecular formula is C21H19F3N2O2. The monoisotopic (exact) mass is 388 g/mol. The fourth-order valence-electron chi connectivity index (χ4n) is 3.55. The second kappa shape index (κ2) is 7.31. The minimum absolute atomic E-state index is 0.0845.